The molecule has 0 aliphatic rings. The maximum atomic E-state index is 5.71. The summed E-state index contributed by atoms with van der Waals surface area (Å²) in [6, 6.07) is 6.43. The Morgan fingerprint density at radius 1 is 1.50 bits per heavy atom. The van der Waals surface area contributed by atoms with Crippen molar-refractivity contribution < 1.29 is 0 Å². The Bertz CT molecular complexity index is 276. The van der Waals surface area contributed by atoms with Gasteiger partial charge in [0.25, 0.3) is 0 Å². The number of rotatable bonds is 5. The van der Waals surface area contributed by atoms with Crippen LogP contribution in [0.2, 0.25) is 0 Å². The number of hydrogen-bond acceptors (Lipinski definition) is 2. The molecule has 0 bridgehead atoms. The number of aromatic nitrogens is 1. The summed E-state index contributed by atoms with van der Waals surface area (Å²) < 4.78 is 0. The number of pyridine rings is 1. The van der Waals surface area contributed by atoms with Crippen LogP contribution in [0.5, 0.6) is 0 Å². The molecule has 1 aromatic rings. The summed E-state index contributed by atoms with van der Waals surface area (Å²) in [7, 11) is 0. The van der Waals surface area contributed by atoms with E-state index in [0.717, 1.165) is 24.4 Å². The van der Waals surface area contributed by atoms with Gasteiger partial charge in [0.1, 0.15) is 5.82 Å². The quantitative estimate of drug-likeness (QED) is 0.759. The van der Waals surface area contributed by atoms with Crippen molar-refractivity contribution in [1.29, 1.82) is 0 Å². The number of aryl methyl sites for hydroxylation is 1. The molecule has 1 aromatic heterocycles. The van der Waals surface area contributed by atoms with Gasteiger partial charge in [-0.05, 0) is 31.9 Å². The summed E-state index contributed by atoms with van der Waals surface area (Å²) in [5.74, 6) is 1.64. The zero-order valence-corrected chi connectivity index (χ0v) is 9.51. The number of anilines is 1. The lowest BCUT2D eigenvalue weighted by Gasteiger charge is -2.16. The Morgan fingerprint density at radius 2 is 2.29 bits per heavy atom. The van der Waals surface area contributed by atoms with Crippen LogP contribution < -0.4 is 5.32 Å². The van der Waals surface area contributed by atoms with Crippen molar-refractivity contribution in [2.75, 3.05) is 11.2 Å². The highest BCUT2D eigenvalue weighted by Gasteiger charge is 2.05. The molecule has 0 aliphatic heterocycles. The maximum Gasteiger partial charge on any atom is 0.126 e. The molecule has 2 nitrogen and oxygen atoms in total. The van der Waals surface area contributed by atoms with Crippen molar-refractivity contribution in [3.05, 3.63) is 23.9 Å². The average Bonchev–Trinajstić information content (AvgIpc) is 2.17. The molecule has 0 aromatic carbocycles. The van der Waals surface area contributed by atoms with Crippen LogP contribution in [0.25, 0.3) is 0 Å². The number of halogens is 1. The van der Waals surface area contributed by atoms with E-state index in [2.05, 4.69) is 17.2 Å². The first-order valence-corrected chi connectivity index (χ1v) is 5.56. The van der Waals surface area contributed by atoms with E-state index >= 15 is 0 Å². The van der Waals surface area contributed by atoms with Gasteiger partial charge >= 0.3 is 0 Å². The van der Waals surface area contributed by atoms with Crippen LogP contribution in [0.3, 0.4) is 0 Å². The normalized spacial score (nSPS) is 12.5. The summed E-state index contributed by atoms with van der Waals surface area (Å²) in [4.78, 5) is 4.39. The molecule has 0 spiro atoms. The number of nitrogens with zero attached hydrogens (tertiary/aromatic N) is 1. The van der Waals surface area contributed by atoms with Crippen LogP contribution in [0, 0.1) is 6.92 Å². The lowest BCUT2D eigenvalue weighted by molar-refractivity contribution is 0.671. The van der Waals surface area contributed by atoms with Crippen LogP contribution in [0.4, 0.5) is 5.82 Å². The first kappa shape index (κ1) is 11.3. The summed E-state index contributed by atoms with van der Waals surface area (Å²) >= 11 is 5.71. The van der Waals surface area contributed by atoms with E-state index < -0.39 is 0 Å². The molecule has 0 radical (unpaired) electrons. The smallest absolute Gasteiger partial charge is 0.126 e. The van der Waals surface area contributed by atoms with E-state index in [1.807, 2.05) is 25.1 Å². The fourth-order valence-electron chi connectivity index (χ4n) is 1.34. The summed E-state index contributed by atoms with van der Waals surface area (Å²) in [5, 5.41) is 3.37. The molecule has 0 amide bonds. The van der Waals surface area contributed by atoms with E-state index in [-0.39, 0.29) is 0 Å². The van der Waals surface area contributed by atoms with E-state index in [0.29, 0.717) is 11.9 Å². The first-order chi connectivity index (χ1) is 6.76. The van der Waals surface area contributed by atoms with Gasteiger partial charge < -0.3 is 5.32 Å². The summed E-state index contributed by atoms with van der Waals surface area (Å²) in [5.41, 5.74) is 1.04. The highest BCUT2D eigenvalue weighted by Crippen LogP contribution is 2.10. The van der Waals surface area contributed by atoms with Gasteiger partial charge in [0.2, 0.25) is 0 Å². The number of alkyl halides is 1. The third kappa shape index (κ3) is 3.54. The molecule has 14 heavy (non-hydrogen) atoms. The van der Waals surface area contributed by atoms with Gasteiger partial charge in [0.05, 0.1) is 0 Å². The summed E-state index contributed by atoms with van der Waals surface area (Å²) in [6.07, 6.45) is 2.05. The SMILES string of the molecule is CCC(CCCl)Nc1cccc(C)n1. The standard InChI is InChI=1S/C11H17ClN2/c1-3-10(7-8-12)14-11-6-4-5-9(2)13-11/h4-6,10H,3,7-8H2,1-2H3,(H,13,14). The Morgan fingerprint density at radius 3 is 2.86 bits per heavy atom. The van der Waals surface area contributed by atoms with Crippen molar-refractivity contribution in [2.45, 2.75) is 32.7 Å². The first-order valence-electron chi connectivity index (χ1n) is 5.02. The molecule has 3 heteroatoms. The van der Waals surface area contributed by atoms with Crippen molar-refractivity contribution >= 4 is 17.4 Å². The second-order valence-corrected chi connectivity index (χ2v) is 3.77. The summed E-state index contributed by atoms with van der Waals surface area (Å²) in [6.45, 7) is 4.15. The van der Waals surface area contributed by atoms with Crippen molar-refractivity contribution in [2.24, 2.45) is 0 Å². The topological polar surface area (TPSA) is 24.9 Å². The third-order valence-corrected chi connectivity index (χ3v) is 2.41. The van der Waals surface area contributed by atoms with E-state index in [4.69, 9.17) is 11.6 Å². The van der Waals surface area contributed by atoms with Crippen molar-refractivity contribution in [1.82, 2.24) is 4.98 Å². The van der Waals surface area contributed by atoms with Gasteiger partial charge in [0.15, 0.2) is 0 Å². The minimum atomic E-state index is 0.432. The van der Waals surface area contributed by atoms with Gasteiger partial charge in [-0.15, -0.1) is 11.6 Å². The Balaban J connectivity index is 2.57. The molecular formula is C11H17ClN2. The highest BCUT2D eigenvalue weighted by atomic mass is 35.5. The number of hydrogen-bond donors (Lipinski definition) is 1. The fourth-order valence-corrected chi connectivity index (χ4v) is 1.61. The second kappa shape index (κ2) is 5.86. The largest absolute Gasteiger partial charge is 0.367 e. The third-order valence-electron chi connectivity index (χ3n) is 2.19. The molecule has 1 N–H and O–H groups in total. The van der Waals surface area contributed by atoms with Gasteiger partial charge in [-0.2, -0.15) is 0 Å². The number of nitrogens with one attached hydrogen (secondary N) is 1. The van der Waals surface area contributed by atoms with Crippen LogP contribution >= 0.6 is 11.6 Å². The Labute approximate surface area is 90.7 Å². The van der Waals surface area contributed by atoms with Gasteiger partial charge in [-0.3, -0.25) is 0 Å². The van der Waals surface area contributed by atoms with E-state index in [9.17, 15) is 0 Å². The van der Waals surface area contributed by atoms with Crippen LogP contribution in [0.15, 0.2) is 18.2 Å². The lowest BCUT2D eigenvalue weighted by Crippen LogP contribution is -2.19. The monoisotopic (exact) mass is 212 g/mol. The second-order valence-electron chi connectivity index (χ2n) is 3.39. The average molecular weight is 213 g/mol. The molecular weight excluding hydrogens is 196 g/mol. The predicted molar refractivity (Wildman–Crippen MR) is 62.0 cm³/mol. The molecule has 0 saturated carbocycles. The Kier molecular flexibility index (Phi) is 4.74. The Hall–Kier alpha value is -0.760. The molecule has 0 fully saturated rings. The van der Waals surface area contributed by atoms with E-state index in [1.165, 1.54) is 0 Å². The predicted octanol–water partition coefficient (Wildman–Crippen LogP) is 3.21. The van der Waals surface area contributed by atoms with Crippen LogP contribution in [0.1, 0.15) is 25.5 Å². The molecule has 0 saturated heterocycles. The molecule has 1 atom stereocenters. The van der Waals surface area contributed by atoms with Crippen molar-refractivity contribution in [3.8, 4) is 0 Å². The molecule has 78 valence electrons. The van der Waals surface area contributed by atoms with Gasteiger partial charge in [-0.25, -0.2) is 4.98 Å². The zero-order valence-electron chi connectivity index (χ0n) is 8.76. The fraction of sp³-hybridized carbons (Fsp3) is 0.545. The molecule has 1 heterocycles. The minimum absolute atomic E-state index is 0.432. The lowest BCUT2D eigenvalue weighted by atomic mass is 10.2. The van der Waals surface area contributed by atoms with Gasteiger partial charge in [0, 0.05) is 17.6 Å². The molecule has 0 aliphatic carbocycles. The maximum absolute atomic E-state index is 5.71. The van der Waals surface area contributed by atoms with Gasteiger partial charge in [-0.1, -0.05) is 13.0 Å². The van der Waals surface area contributed by atoms with Crippen LogP contribution in [-0.2, 0) is 0 Å². The zero-order chi connectivity index (χ0) is 10.4. The highest BCUT2D eigenvalue weighted by molar-refractivity contribution is 6.17. The molecule has 1 unspecified atom stereocenters. The minimum Gasteiger partial charge on any atom is -0.367 e. The van der Waals surface area contributed by atoms with Crippen molar-refractivity contribution in [3.63, 3.8) is 0 Å². The molecule has 1 rings (SSSR count). The van der Waals surface area contributed by atoms with E-state index in [1.54, 1.807) is 0 Å². The van der Waals surface area contributed by atoms with Crippen LogP contribution in [-0.4, -0.2) is 16.9 Å².